The monoisotopic (exact) mass is 242 g/mol. The molecule has 2 rings (SSSR count). The fraction of sp³-hybridized carbons (Fsp3) is 0.286. The van der Waals surface area contributed by atoms with E-state index in [1.807, 2.05) is 18.2 Å². The van der Waals surface area contributed by atoms with Crippen molar-refractivity contribution in [2.24, 2.45) is 0 Å². The summed E-state index contributed by atoms with van der Waals surface area (Å²) < 4.78 is 5.14. The van der Waals surface area contributed by atoms with Gasteiger partial charge in [0.15, 0.2) is 6.61 Å². The summed E-state index contributed by atoms with van der Waals surface area (Å²) in [4.78, 5) is 13.4. The van der Waals surface area contributed by atoms with Gasteiger partial charge in [0.25, 0.3) is 0 Å². The van der Waals surface area contributed by atoms with Gasteiger partial charge >= 0.3 is 0 Å². The first-order valence-corrected chi connectivity index (χ1v) is 5.86. The first-order chi connectivity index (χ1) is 8.79. The topological polar surface area (TPSA) is 53.3 Å². The SMILES string of the molecule is N#CCOc1ccc(/C=C/C(=O)N2CCC2)cc1. The number of likely N-dealkylation sites (tertiary alicyclic amines) is 1. The molecular weight excluding hydrogens is 228 g/mol. The van der Waals surface area contributed by atoms with E-state index in [1.54, 1.807) is 29.2 Å². The van der Waals surface area contributed by atoms with Crippen LogP contribution in [0.25, 0.3) is 6.08 Å². The molecule has 18 heavy (non-hydrogen) atoms. The lowest BCUT2D eigenvalue weighted by molar-refractivity contribution is -0.129. The van der Waals surface area contributed by atoms with Crippen molar-refractivity contribution in [1.29, 1.82) is 5.26 Å². The number of nitrogens with zero attached hydrogens (tertiary/aromatic N) is 2. The van der Waals surface area contributed by atoms with Crippen LogP contribution in [-0.2, 0) is 4.79 Å². The highest BCUT2D eigenvalue weighted by atomic mass is 16.5. The van der Waals surface area contributed by atoms with Crippen LogP contribution >= 0.6 is 0 Å². The normalized spacial score (nSPS) is 14.1. The molecule has 1 saturated heterocycles. The minimum atomic E-state index is 0.0443. The molecular formula is C14H14N2O2. The summed E-state index contributed by atoms with van der Waals surface area (Å²) in [5.41, 5.74) is 0.938. The minimum absolute atomic E-state index is 0.0443. The second-order valence-corrected chi connectivity index (χ2v) is 4.03. The molecule has 0 N–H and O–H groups in total. The second kappa shape index (κ2) is 5.87. The van der Waals surface area contributed by atoms with Gasteiger partial charge in [-0.15, -0.1) is 0 Å². The zero-order valence-electron chi connectivity index (χ0n) is 10.0. The van der Waals surface area contributed by atoms with Crippen molar-refractivity contribution in [1.82, 2.24) is 4.90 Å². The molecule has 0 spiro atoms. The summed E-state index contributed by atoms with van der Waals surface area (Å²) in [5, 5.41) is 8.38. The molecule has 92 valence electrons. The molecule has 4 nitrogen and oxygen atoms in total. The van der Waals surface area contributed by atoms with Crippen molar-refractivity contribution in [3.05, 3.63) is 35.9 Å². The largest absolute Gasteiger partial charge is 0.479 e. The van der Waals surface area contributed by atoms with E-state index in [-0.39, 0.29) is 12.5 Å². The molecule has 0 bridgehead atoms. The zero-order valence-corrected chi connectivity index (χ0v) is 10.0. The van der Waals surface area contributed by atoms with Crippen molar-refractivity contribution >= 4 is 12.0 Å². The van der Waals surface area contributed by atoms with Gasteiger partial charge in [0.05, 0.1) is 0 Å². The Balaban J connectivity index is 1.91. The summed E-state index contributed by atoms with van der Waals surface area (Å²) in [6.07, 6.45) is 4.48. The van der Waals surface area contributed by atoms with Gasteiger partial charge in [-0.05, 0) is 30.2 Å². The van der Waals surface area contributed by atoms with E-state index in [0.717, 1.165) is 25.1 Å². The van der Waals surface area contributed by atoms with Gasteiger partial charge < -0.3 is 9.64 Å². The molecule has 1 fully saturated rings. The number of nitriles is 1. The third-order valence-corrected chi connectivity index (χ3v) is 2.77. The summed E-state index contributed by atoms with van der Waals surface area (Å²) in [5.74, 6) is 0.717. The molecule has 1 aliphatic heterocycles. The summed E-state index contributed by atoms with van der Waals surface area (Å²) in [6, 6.07) is 9.18. The fourth-order valence-electron chi connectivity index (χ4n) is 1.60. The number of rotatable bonds is 4. The Morgan fingerprint density at radius 3 is 2.67 bits per heavy atom. The van der Waals surface area contributed by atoms with E-state index < -0.39 is 0 Å². The van der Waals surface area contributed by atoms with E-state index in [9.17, 15) is 4.79 Å². The molecule has 0 saturated carbocycles. The Morgan fingerprint density at radius 1 is 1.39 bits per heavy atom. The number of hydrogen-bond donors (Lipinski definition) is 0. The fourth-order valence-corrected chi connectivity index (χ4v) is 1.60. The van der Waals surface area contributed by atoms with Crippen LogP contribution in [0.15, 0.2) is 30.3 Å². The zero-order chi connectivity index (χ0) is 12.8. The number of carbonyl (C=O) groups excluding carboxylic acids is 1. The summed E-state index contributed by atoms with van der Waals surface area (Å²) in [6.45, 7) is 1.77. The van der Waals surface area contributed by atoms with E-state index in [1.165, 1.54) is 0 Å². The first-order valence-electron chi connectivity index (χ1n) is 5.86. The maximum absolute atomic E-state index is 11.6. The van der Waals surface area contributed by atoms with Crippen molar-refractivity contribution < 1.29 is 9.53 Å². The highest BCUT2D eigenvalue weighted by Gasteiger charge is 2.17. The van der Waals surface area contributed by atoms with Gasteiger partial charge in [0, 0.05) is 19.2 Å². The third-order valence-electron chi connectivity index (χ3n) is 2.77. The predicted octanol–water partition coefficient (Wildman–Crippen LogP) is 1.83. The molecule has 1 amide bonds. The van der Waals surface area contributed by atoms with Gasteiger partial charge in [-0.2, -0.15) is 5.26 Å². The Morgan fingerprint density at radius 2 is 2.11 bits per heavy atom. The lowest BCUT2D eigenvalue weighted by Gasteiger charge is -2.29. The molecule has 0 unspecified atom stereocenters. The lowest BCUT2D eigenvalue weighted by atomic mass is 10.2. The van der Waals surface area contributed by atoms with E-state index in [0.29, 0.717) is 5.75 Å². The quantitative estimate of drug-likeness (QED) is 0.757. The maximum Gasteiger partial charge on any atom is 0.246 e. The first kappa shape index (κ1) is 12.2. The molecule has 1 aliphatic rings. The van der Waals surface area contributed by atoms with Crippen LogP contribution in [0.1, 0.15) is 12.0 Å². The summed E-state index contributed by atoms with van der Waals surface area (Å²) in [7, 11) is 0. The Bertz CT molecular complexity index is 482. The van der Waals surface area contributed by atoms with Crippen molar-refractivity contribution in [3.8, 4) is 11.8 Å². The van der Waals surface area contributed by atoms with E-state index in [2.05, 4.69) is 0 Å². The predicted molar refractivity (Wildman–Crippen MR) is 67.8 cm³/mol. The molecule has 1 heterocycles. The lowest BCUT2D eigenvalue weighted by Crippen LogP contribution is -2.40. The van der Waals surface area contributed by atoms with Crippen molar-refractivity contribution in [2.75, 3.05) is 19.7 Å². The number of carbonyl (C=O) groups is 1. The smallest absolute Gasteiger partial charge is 0.246 e. The van der Waals surface area contributed by atoms with Crippen LogP contribution in [0.4, 0.5) is 0 Å². The van der Waals surface area contributed by atoms with Crippen LogP contribution < -0.4 is 4.74 Å². The van der Waals surface area contributed by atoms with Gasteiger partial charge in [-0.1, -0.05) is 12.1 Å². The molecule has 1 aromatic rings. The average Bonchev–Trinajstić information content (AvgIpc) is 2.33. The van der Waals surface area contributed by atoms with Gasteiger partial charge in [-0.25, -0.2) is 0 Å². The number of ether oxygens (including phenoxy) is 1. The minimum Gasteiger partial charge on any atom is -0.479 e. The Hall–Kier alpha value is -2.28. The van der Waals surface area contributed by atoms with Gasteiger partial charge in [0.2, 0.25) is 5.91 Å². The van der Waals surface area contributed by atoms with Gasteiger partial charge in [0.1, 0.15) is 11.8 Å². The Labute approximate surface area is 106 Å². The van der Waals surface area contributed by atoms with Gasteiger partial charge in [-0.3, -0.25) is 4.79 Å². The molecule has 0 aromatic heterocycles. The van der Waals surface area contributed by atoms with Crippen molar-refractivity contribution in [2.45, 2.75) is 6.42 Å². The van der Waals surface area contributed by atoms with Crippen molar-refractivity contribution in [3.63, 3.8) is 0 Å². The Kier molecular flexibility index (Phi) is 3.98. The molecule has 0 radical (unpaired) electrons. The van der Waals surface area contributed by atoms with E-state index in [4.69, 9.17) is 10.00 Å². The third kappa shape index (κ3) is 3.11. The molecule has 1 aromatic carbocycles. The highest BCUT2D eigenvalue weighted by molar-refractivity contribution is 5.92. The second-order valence-electron chi connectivity index (χ2n) is 4.03. The maximum atomic E-state index is 11.6. The summed E-state index contributed by atoms with van der Waals surface area (Å²) >= 11 is 0. The van der Waals surface area contributed by atoms with Crippen LogP contribution in [0.5, 0.6) is 5.75 Å². The molecule has 0 atom stereocenters. The number of benzene rings is 1. The highest BCUT2D eigenvalue weighted by Crippen LogP contribution is 2.13. The number of hydrogen-bond acceptors (Lipinski definition) is 3. The number of amides is 1. The molecule has 0 aliphatic carbocycles. The standard InChI is InChI=1S/C14H14N2O2/c15-8-11-18-13-5-2-12(3-6-13)4-7-14(17)16-9-1-10-16/h2-7H,1,9-11H2/b7-4+. The van der Waals surface area contributed by atoms with Crippen LogP contribution in [0.2, 0.25) is 0 Å². The van der Waals surface area contributed by atoms with Crippen LogP contribution in [0.3, 0.4) is 0 Å². The van der Waals surface area contributed by atoms with Crippen LogP contribution in [0, 0.1) is 11.3 Å². The van der Waals surface area contributed by atoms with E-state index >= 15 is 0 Å². The average molecular weight is 242 g/mol. The molecule has 4 heteroatoms. The van der Waals surface area contributed by atoms with Crippen LogP contribution in [-0.4, -0.2) is 30.5 Å².